The van der Waals surface area contributed by atoms with E-state index in [9.17, 15) is 22.4 Å². The number of carboxylic acids is 1. The van der Waals surface area contributed by atoms with Gasteiger partial charge in [-0.25, -0.2) is 9.18 Å². The van der Waals surface area contributed by atoms with Gasteiger partial charge in [-0.2, -0.15) is 13.2 Å². The normalized spacial score (nSPS) is 13.2. The van der Waals surface area contributed by atoms with E-state index in [0.29, 0.717) is 11.1 Å². The van der Waals surface area contributed by atoms with Crippen molar-refractivity contribution < 1.29 is 27.5 Å². The summed E-state index contributed by atoms with van der Waals surface area (Å²) in [6, 6.07) is 5.92. The van der Waals surface area contributed by atoms with E-state index in [4.69, 9.17) is 28.3 Å². The first-order chi connectivity index (χ1) is 12.0. The van der Waals surface area contributed by atoms with E-state index < -0.39 is 33.9 Å². The molecule has 1 atom stereocenters. The van der Waals surface area contributed by atoms with Gasteiger partial charge in [-0.3, -0.25) is 0 Å². The average Bonchev–Trinajstić information content (AvgIpc) is 2.51. The number of halogens is 6. The summed E-state index contributed by atoms with van der Waals surface area (Å²) in [5.41, 5.74) is 0.563. The molecule has 2 rings (SSSR count). The summed E-state index contributed by atoms with van der Waals surface area (Å²) in [6.45, 7) is 1.54. The van der Waals surface area contributed by atoms with Crippen LogP contribution in [0.1, 0.15) is 33.0 Å². The zero-order valence-electron chi connectivity index (χ0n) is 13.2. The monoisotopic (exact) mass is 406 g/mol. The van der Waals surface area contributed by atoms with Gasteiger partial charge in [-0.1, -0.05) is 47.5 Å². The second-order valence-corrected chi connectivity index (χ2v) is 6.37. The number of rotatable bonds is 4. The summed E-state index contributed by atoms with van der Waals surface area (Å²) in [7, 11) is 0. The first kappa shape index (κ1) is 20.3. The zero-order chi connectivity index (χ0) is 19.6. The van der Waals surface area contributed by atoms with Crippen LogP contribution in [-0.4, -0.2) is 17.3 Å². The first-order valence-electron chi connectivity index (χ1n) is 7.24. The molecule has 0 saturated heterocycles. The van der Waals surface area contributed by atoms with Crippen LogP contribution >= 0.6 is 23.2 Å². The van der Waals surface area contributed by atoms with Crippen LogP contribution < -0.4 is 0 Å². The second kappa shape index (κ2) is 7.68. The highest BCUT2D eigenvalue weighted by atomic mass is 35.5. The minimum absolute atomic E-state index is 0.0617. The fourth-order valence-corrected chi connectivity index (χ4v) is 2.91. The first-order valence-corrected chi connectivity index (χ1v) is 7.99. The third kappa shape index (κ3) is 4.56. The van der Waals surface area contributed by atoms with E-state index in [1.807, 2.05) is 0 Å². The molecule has 2 nitrogen and oxygen atoms in total. The highest BCUT2D eigenvalue weighted by molar-refractivity contribution is 6.35. The van der Waals surface area contributed by atoms with Gasteiger partial charge in [-0.05, 0) is 41.8 Å². The molecule has 26 heavy (non-hydrogen) atoms. The van der Waals surface area contributed by atoms with Crippen molar-refractivity contribution in [2.45, 2.75) is 19.0 Å². The number of hydrogen-bond donors (Lipinski definition) is 1. The van der Waals surface area contributed by atoms with Crippen molar-refractivity contribution in [2.75, 3.05) is 0 Å². The van der Waals surface area contributed by atoms with E-state index >= 15 is 0 Å². The van der Waals surface area contributed by atoms with Crippen molar-refractivity contribution in [3.63, 3.8) is 0 Å². The molecule has 138 valence electrons. The highest BCUT2D eigenvalue weighted by Gasteiger charge is 2.39. The van der Waals surface area contributed by atoms with Gasteiger partial charge in [0.1, 0.15) is 0 Å². The maximum Gasteiger partial charge on any atom is 0.399 e. The van der Waals surface area contributed by atoms with Gasteiger partial charge in [0, 0.05) is 0 Å². The van der Waals surface area contributed by atoms with Crippen molar-refractivity contribution in [1.29, 1.82) is 0 Å². The van der Waals surface area contributed by atoms with Crippen molar-refractivity contribution in [1.82, 2.24) is 0 Å². The summed E-state index contributed by atoms with van der Waals surface area (Å²) in [5, 5.41) is 7.98. The van der Waals surface area contributed by atoms with Crippen LogP contribution in [0.2, 0.25) is 10.0 Å². The molecular weight excluding hydrogens is 395 g/mol. The lowest BCUT2D eigenvalue weighted by molar-refractivity contribution is -0.139. The fraction of sp³-hybridized carbons (Fsp3) is 0.167. The van der Waals surface area contributed by atoms with Gasteiger partial charge in [0.25, 0.3) is 0 Å². The van der Waals surface area contributed by atoms with E-state index in [1.54, 1.807) is 6.92 Å². The van der Waals surface area contributed by atoms with Crippen molar-refractivity contribution in [3.8, 4) is 0 Å². The Balaban J connectivity index is 2.42. The summed E-state index contributed by atoms with van der Waals surface area (Å²) in [6.07, 6.45) is -2.56. The molecule has 0 spiro atoms. The van der Waals surface area contributed by atoms with Crippen LogP contribution in [0.25, 0.3) is 6.08 Å². The lowest BCUT2D eigenvalue weighted by Crippen LogP contribution is -2.19. The predicted octanol–water partition coefficient (Wildman–Crippen LogP) is 6.50. The molecule has 1 N–H and O–H groups in total. The quantitative estimate of drug-likeness (QED) is 0.464. The van der Waals surface area contributed by atoms with Gasteiger partial charge < -0.3 is 5.11 Å². The molecule has 0 aliphatic carbocycles. The molecule has 2 aromatic carbocycles. The molecule has 0 aliphatic rings. The molecule has 0 fully saturated rings. The molecule has 2 aromatic rings. The molecule has 0 aromatic heterocycles. The van der Waals surface area contributed by atoms with E-state index in [-0.39, 0.29) is 11.1 Å². The number of carboxylic acid groups (broad SMARTS) is 1. The standard InChI is InChI=1S/C18H12Cl2F4O2/c1-9-6-10(2-4-12(9)17(25)26)3-5-13(18(22,23)24)11-7-14(19)16(21)15(20)8-11/h2-8,13H,1H3,(H,25,26)/t13-/m1/s1. The molecule has 0 bridgehead atoms. The summed E-state index contributed by atoms with van der Waals surface area (Å²) < 4.78 is 53.7. The Morgan fingerprint density at radius 2 is 1.73 bits per heavy atom. The molecule has 0 amide bonds. The fourth-order valence-electron chi connectivity index (χ4n) is 2.40. The predicted molar refractivity (Wildman–Crippen MR) is 92.4 cm³/mol. The number of aryl methyl sites for hydroxylation is 1. The maximum atomic E-state index is 13.5. The molecule has 0 saturated carbocycles. The molecular formula is C18H12Cl2F4O2. The Morgan fingerprint density at radius 3 is 2.19 bits per heavy atom. The molecule has 0 radical (unpaired) electrons. The van der Waals surface area contributed by atoms with Gasteiger partial charge in [0.15, 0.2) is 5.82 Å². The maximum absolute atomic E-state index is 13.5. The summed E-state index contributed by atoms with van der Waals surface area (Å²) in [4.78, 5) is 11.0. The van der Waals surface area contributed by atoms with E-state index in [2.05, 4.69) is 0 Å². The Bertz CT molecular complexity index is 853. The second-order valence-electron chi connectivity index (χ2n) is 5.56. The third-order valence-corrected chi connectivity index (χ3v) is 4.23. The lowest BCUT2D eigenvalue weighted by Gasteiger charge is -2.18. The van der Waals surface area contributed by atoms with Crippen LogP contribution in [0.3, 0.4) is 0 Å². The largest absolute Gasteiger partial charge is 0.478 e. The molecule has 8 heteroatoms. The van der Waals surface area contributed by atoms with Crippen molar-refractivity contribution in [3.05, 3.63) is 74.5 Å². The minimum Gasteiger partial charge on any atom is -0.478 e. The number of carbonyl (C=O) groups is 1. The van der Waals surface area contributed by atoms with Gasteiger partial charge in [0.05, 0.1) is 21.5 Å². The Morgan fingerprint density at radius 1 is 1.15 bits per heavy atom. The number of benzene rings is 2. The Hall–Kier alpha value is -2.05. The number of allylic oxidation sites excluding steroid dienone is 1. The summed E-state index contributed by atoms with van der Waals surface area (Å²) >= 11 is 11.2. The topological polar surface area (TPSA) is 37.3 Å². The smallest absolute Gasteiger partial charge is 0.399 e. The Labute approximate surface area is 156 Å². The number of hydrogen-bond acceptors (Lipinski definition) is 1. The van der Waals surface area contributed by atoms with E-state index in [0.717, 1.165) is 18.2 Å². The molecule has 0 heterocycles. The third-order valence-electron chi connectivity index (χ3n) is 3.68. The van der Waals surface area contributed by atoms with Crippen LogP contribution in [0.15, 0.2) is 36.4 Å². The van der Waals surface area contributed by atoms with Gasteiger partial charge in [-0.15, -0.1) is 0 Å². The number of alkyl halides is 3. The number of aromatic carboxylic acids is 1. The van der Waals surface area contributed by atoms with Crippen LogP contribution in [0.5, 0.6) is 0 Å². The lowest BCUT2D eigenvalue weighted by atomic mass is 9.96. The molecule has 0 aliphatic heterocycles. The zero-order valence-corrected chi connectivity index (χ0v) is 14.8. The van der Waals surface area contributed by atoms with E-state index in [1.165, 1.54) is 24.3 Å². The van der Waals surface area contributed by atoms with Gasteiger partial charge >= 0.3 is 12.1 Å². The van der Waals surface area contributed by atoms with Crippen molar-refractivity contribution in [2.24, 2.45) is 0 Å². The van der Waals surface area contributed by atoms with Gasteiger partial charge in [0.2, 0.25) is 0 Å². The van der Waals surface area contributed by atoms with Crippen LogP contribution in [-0.2, 0) is 0 Å². The highest BCUT2D eigenvalue weighted by Crippen LogP contribution is 2.39. The summed E-state index contributed by atoms with van der Waals surface area (Å²) in [5.74, 6) is -4.17. The van der Waals surface area contributed by atoms with Crippen LogP contribution in [0.4, 0.5) is 17.6 Å². The Kier molecular flexibility index (Phi) is 5.98. The minimum atomic E-state index is -4.66. The SMILES string of the molecule is Cc1cc(C=C[C@H](c2cc(Cl)c(F)c(Cl)c2)C(F)(F)F)ccc1C(=O)O. The average molecular weight is 407 g/mol. The molecule has 0 unspecified atom stereocenters. The van der Waals surface area contributed by atoms with Crippen molar-refractivity contribution >= 4 is 35.2 Å². The van der Waals surface area contributed by atoms with Crippen LogP contribution in [0, 0.1) is 12.7 Å².